The van der Waals surface area contributed by atoms with Gasteiger partial charge in [-0.15, -0.1) is 0 Å². The summed E-state index contributed by atoms with van der Waals surface area (Å²) in [5, 5.41) is 4.08. The van der Waals surface area contributed by atoms with Crippen molar-refractivity contribution in [1.82, 2.24) is 9.80 Å². The number of benzene rings is 1. The van der Waals surface area contributed by atoms with Gasteiger partial charge in [-0.1, -0.05) is 19.8 Å². The van der Waals surface area contributed by atoms with Crippen LogP contribution in [0.1, 0.15) is 62.7 Å². The molecule has 2 atom stereocenters. The maximum atomic E-state index is 11.8. The van der Waals surface area contributed by atoms with Crippen molar-refractivity contribution in [3.63, 3.8) is 0 Å². The first kappa shape index (κ1) is 22.0. The van der Waals surface area contributed by atoms with Gasteiger partial charge in [0, 0.05) is 30.9 Å². The average molecular weight is 418 g/mol. The average Bonchev–Trinajstić information content (AvgIpc) is 2.74. The van der Waals surface area contributed by atoms with E-state index in [4.69, 9.17) is 17.0 Å². The van der Waals surface area contributed by atoms with Crippen LogP contribution in [0, 0.1) is 5.92 Å². The van der Waals surface area contributed by atoms with Crippen LogP contribution in [0.4, 0.5) is 5.69 Å². The number of carbonyl (C=O) groups excluding carboxylic acids is 1. The van der Waals surface area contributed by atoms with Gasteiger partial charge in [0.25, 0.3) is 0 Å². The second-order valence-electron chi connectivity index (χ2n) is 8.44. The Morgan fingerprint density at radius 3 is 2.45 bits per heavy atom. The molecule has 160 valence electrons. The van der Waals surface area contributed by atoms with Gasteiger partial charge in [-0.3, -0.25) is 0 Å². The lowest BCUT2D eigenvalue weighted by atomic mass is 9.84. The van der Waals surface area contributed by atoms with Crippen LogP contribution in [-0.4, -0.2) is 59.7 Å². The molecule has 1 saturated carbocycles. The number of hydrogen-bond donors (Lipinski definition) is 1. The van der Waals surface area contributed by atoms with E-state index in [0.717, 1.165) is 48.7 Å². The summed E-state index contributed by atoms with van der Waals surface area (Å²) in [6.45, 7) is 6.59. The van der Waals surface area contributed by atoms with Gasteiger partial charge in [0.1, 0.15) is 0 Å². The molecule has 1 aliphatic carbocycles. The number of rotatable bonds is 5. The van der Waals surface area contributed by atoms with Crippen molar-refractivity contribution in [3.8, 4) is 0 Å². The van der Waals surface area contributed by atoms with Crippen LogP contribution < -0.4 is 5.32 Å². The predicted octanol–water partition coefficient (Wildman–Crippen LogP) is 4.54. The van der Waals surface area contributed by atoms with Crippen molar-refractivity contribution in [2.24, 2.45) is 5.92 Å². The number of likely N-dealkylation sites (tertiary alicyclic amines) is 1. The highest BCUT2D eigenvalue weighted by atomic mass is 32.1. The first-order valence-electron chi connectivity index (χ1n) is 11.0. The SMILES string of the molecule is CCOC(=O)c1ccc(NC(=S)N2CCC(N(C)[C@H]3CCCC[C@H]3C)CC2)cc1. The van der Waals surface area contributed by atoms with Gasteiger partial charge in [-0.2, -0.15) is 0 Å². The van der Waals surface area contributed by atoms with Gasteiger partial charge in [0.05, 0.1) is 12.2 Å². The molecule has 0 bridgehead atoms. The molecule has 1 aliphatic heterocycles. The summed E-state index contributed by atoms with van der Waals surface area (Å²) in [6, 6.07) is 8.70. The van der Waals surface area contributed by atoms with E-state index in [-0.39, 0.29) is 5.97 Å². The Morgan fingerprint density at radius 1 is 1.17 bits per heavy atom. The third-order valence-corrected chi connectivity index (χ3v) is 6.92. The summed E-state index contributed by atoms with van der Waals surface area (Å²) in [4.78, 5) is 16.7. The molecule has 5 nitrogen and oxygen atoms in total. The van der Waals surface area contributed by atoms with Gasteiger partial charge in [-0.05, 0) is 82.1 Å². The molecule has 6 heteroatoms. The fourth-order valence-electron chi connectivity index (χ4n) is 4.76. The van der Waals surface area contributed by atoms with E-state index in [1.54, 1.807) is 12.1 Å². The minimum absolute atomic E-state index is 0.292. The molecule has 0 aromatic heterocycles. The lowest BCUT2D eigenvalue weighted by molar-refractivity contribution is 0.0526. The van der Waals surface area contributed by atoms with E-state index >= 15 is 0 Å². The molecule has 1 aromatic rings. The maximum Gasteiger partial charge on any atom is 0.338 e. The van der Waals surface area contributed by atoms with Crippen molar-refractivity contribution in [3.05, 3.63) is 29.8 Å². The van der Waals surface area contributed by atoms with Crippen molar-refractivity contribution >= 4 is 29.0 Å². The zero-order chi connectivity index (χ0) is 20.8. The van der Waals surface area contributed by atoms with Crippen LogP contribution in [0.25, 0.3) is 0 Å². The Kier molecular flexibility index (Phi) is 7.90. The summed E-state index contributed by atoms with van der Waals surface area (Å²) in [7, 11) is 2.33. The molecule has 3 rings (SSSR count). The van der Waals surface area contributed by atoms with Gasteiger partial charge in [0.15, 0.2) is 5.11 Å². The number of anilines is 1. The standard InChI is InChI=1S/C23H35N3O2S/c1-4-28-22(27)18-9-11-19(12-10-18)24-23(29)26-15-13-20(14-16-26)25(3)21-8-6-5-7-17(21)2/h9-12,17,20-21H,4-8,13-16H2,1-3H3,(H,24,29)/t17-,21+/m1/s1. The Hall–Kier alpha value is -1.66. The monoisotopic (exact) mass is 417 g/mol. The first-order valence-corrected chi connectivity index (χ1v) is 11.5. The summed E-state index contributed by atoms with van der Waals surface area (Å²) in [5.74, 6) is 0.521. The van der Waals surface area contributed by atoms with Crippen LogP contribution in [0.2, 0.25) is 0 Å². The van der Waals surface area contributed by atoms with Gasteiger partial charge < -0.3 is 19.9 Å². The highest BCUT2D eigenvalue weighted by Gasteiger charge is 2.31. The molecule has 0 amide bonds. The van der Waals surface area contributed by atoms with Gasteiger partial charge >= 0.3 is 5.97 Å². The second-order valence-corrected chi connectivity index (χ2v) is 8.83. The van der Waals surface area contributed by atoms with E-state index in [1.165, 1.54) is 25.7 Å². The van der Waals surface area contributed by atoms with Gasteiger partial charge in [-0.25, -0.2) is 4.79 Å². The number of thiocarbonyl (C=S) groups is 1. The summed E-state index contributed by atoms with van der Waals surface area (Å²) in [6.07, 6.45) is 7.80. The lowest BCUT2D eigenvalue weighted by Crippen LogP contribution is -2.51. The normalized spacial score (nSPS) is 23.1. The van der Waals surface area contributed by atoms with E-state index < -0.39 is 0 Å². The van der Waals surface area contributed by atoms with Crippen LogP contribution in [0.5, 0.6) is 0 Å². The second kappa shape index (κ2) is 10.4. The molecule has 1 N–H and O–H groups in total. The Morgan fingerprint density at radius 2 is 1.83 bits per heavy atom. The number of nitrogens with one attached hydrogen (secondary N) is 1. The first-order chi connectivity index (χ1) is 14.0. The van der Waals surface area contributed by atoms with E-state index in [2.05, 4.69) is 29.1 Å². The molecule has 1 heterocycles. The molecular formula is C23H35N3O2S. The number of piperidine rings is 1. The largest absolute Gasteiger partial charge is 0.462 e. The number of ether oxygens (including phenoxy) is 1. The fourth-order valence-corrected chi connectivity index (χ4v) is 5.06. The van der Waals surface area contributed by atoms with Crippen LogP contribution >= 0.6 is 12.2 Å². The smallest absolute Gasteiger partial charge is 0.338 e. The third-order valence-electron chi connectivity index (χ3n) is 6.56. The molecule has 0 spiro atoms. The molecule has 2 aliphatic rings. The number of nitrogens with zero attached hydrogens (tertiary/aromatic N) is 2. The predicted molar refractivity (Wildman–Crippen MR) is 122 cm³/mol. The summed E-state index contributed by atoms with van der Waals surface area (Å²) < 4.78 is 5.03. The minimum Gasteiger partial charge on any atom is -0.462 e. The number of hydrogen-bond acceptors (Lipinski definition) is 4. The zero-order valence-electron chi connectivity index (χ0n) is 18.0. The van der Waals surface area contributed by atoms with Crippen LogP contribution in [0.15, 0.2) is 24.3 Å². The van der Waals surface area contributed by atoms with E-state index in [0.29, 0.717) is 18.2 Å². The van der Waals surface area contributed by atoms with Crippen molar-refractivity contribution in [1.29, 1.82) is 0 Å². The minimum atomic E-state index is -0.292. The molecule has 2 fully saturated rings. The quantitative estimate of drug-likeness (QED) is 0.561. The van der Waals surface area contributed by atoms with E-state index in [1.807, 2.05) is 19.1 Å². The zero-order valence-corrected chi connectivity index (χ0v) is 18.8. The highest BCUT2D eigenvalue weighted by Crippen LogP contribution is 2.30. The maximum absolute atomic E-state index is 11.8. The number of esters is 1. The van der Waals surface area contributed by atoms with E-state index in [9.17, 15) is 4.79 Å². The third kappa shape index (κ3) is 5.70. The molecule has 1 saturated heterocycles. The van der Waals surface area contributed by atoms with Crippen LogP contribution in [0.3, 0.4) is 0 Å². The highest BCUT2D eigenvalue weighted by molar-refractivity contribution is 7.80. The number of carbonyl (C=O) groups is 1. The van der Waals surface area contributed by atoms with Gasteiger partial charge in [0.2, 0.25) is 0 Å². The van der Waals surface area contributed by atoms with Crippen LogP contribution in [-0.2, 0) is 4.74 Å². The Bertz CT molecular complexity index is 686. The summed E-state index contributed by atoms with van der Waals surface area (Å²) in [5.41, 5.74) is 1.46. The fraction of sp³-hybridized carbons (Fsp3) is 0.652. The van der Waals surface area contributed by atoms with Crippen molar-refractivity contribution in [2.75, 3.05) is 32.1 Å². The molecule has 29 heavy (non-hydrogen) atoms. The molecule has 0 radical (unpaired) electrons. The lowest BCUT2D eigenvalue weighted by Gasteiger charge is -2.44. The summed E-state index contributed by atoms with van der Waals surface area (Å²) >= 11 is 5.64. The van der Waals surface area contributed by atoms with Crippen molar-refractivity contribution in [2.45, 2.75) is 64.5 Å². The topological polar surface area (TPSA) is 44.8 Å². The Labute approximate surface area is 180 Å². The molecule has 1 aromatic carbocycles. The molecular weight excluding hydrogens is 382 g/mol. The molecule has 0 unspecified atom stereocenters. The Balaban J connectivity index is 1.48. The van der Waals surface area contributed by atoms with Crippen molar-refractivity contribution < 1.29 is 9.53 Å².